The first-order valence-corrected chi connectivity index (χ1v) is 6.34. The second kappa shape index (κ2) is 4.38. The monoisotopic (exact) mass is 237 g/mol. The second-order valence-corrected chi connectivity index (χ2v) is 6.22. The van der Waals surface area contributed by atoms with Gasteiger partial charge in [0.25, 0.3) is 0 Å². The van der Waals surface area contributed by atoms with Crippen LogP contribution in [0.1, 0.15) is 38.7 Å². The minimum atomic E-state index is 0.229. The van der Waals surface area contributed by atoms with Gasteiger partial charge in [-0.15, -0.1) is 0 Å². The first-order chi connectivity index (χ1) is 7.46. The van der Waals surface area contributed by atoms with Gasteiger partial charge in [0.15, 0.2) is 0 Å². The summed E-state index contributed by atoms with van der Waals surface area (Å²) in [6.45, 7) is 7.77. The third-order valence-electron chi connectivity index (χ3n) is 3.12. The molecule has 1 aromatic carbocycles. The fraction of sp³-hybridized carbons (Fsp3) is 0.571. The molecule has 2 unspecified atom stereocenters. The Bertz CT molecular complexity index is 350. The van der Waals surface area contributed by atoms with Crippen LogP contribution in [0.3, 0.4) is 0 Å². The van der Waals surface area contributed by atoms with Gasteiger partial charge in [-0.25, -0.2) is 0 Å². The standard InChI is InChI=1S/C14H20ClN/c1-14(2,3)16-9-11-8-13(11)10-4-6-12(15)7-5-10/h4-7,11,13,16H,8-9H2,1-3H3. The van der Waals surface area contributed by atoms with Crippen molar-refractivity contribution in [1.29, 1.82) is 0 Å². The highest BCUT2D eigenvalue weighted by atomic mass is 35.5. The van der Waals surface area contributed by atoms with E-state index in [4.69, 9.17) is 11.6 Å². The summed E-state index contributed by atoms with van der Waals surface area (Å²) >= 11 is 5.88. The van der Waals surface area contributed by atoms with Crippen molar-refractivity contribution >= 4 is 11.6 Å². The first kappa shape index (κ1) is 11.9. The smallest absolute Gasteiger partial charge is 0.0406 e. The van der Waals surface area contributed by atoms with Gasteiger partial charge in [-0.05, 0) is 63.3 Å². The SMILES string of the molecule is CC(C)(C)NCC1CC1c1ccc(Cl)cc1. The highest BCUT2D eigenvalue weighted by molar-refractivity contribution is 6.30. The van der Waals surface area contributed by atoms with E-state index in [1.807, 2.05) is 12.1 Å². The maximum atomic E-state index is 5.88. The lowest BCUT2D eigenvalue weighted by Crippen LogP contribution is -2.37. The molecule has 2 heteroatoms. The Hall–Kier alpha value is -0.530. The highest BCUT2D eigenvalue weighted by Crippen LogP contribution is 2.47. The number of halogens is 1. The van der Waals surface area contributed by atoms with Crippen LogP contribution >= 0.6 is 11.6 Å². The molecular weight excluding hydrogens is 218 g/mol. The maximum Gasteiger partial charge on any atom is 0.0406 e. The van der Waals surface area contributed by atoms with E-state index in [1.54, 1.807) is 0 Å². The van der Waals surface area contributed by atoms with Crippen molar-refractivity contribution in [2.75, 3.05) is 6.54 Å². The van der Waals surface area contributed by atoms with E-state index in [0.29, 0.717) is 0 Å². The van der Waals surface area contributed by atoms with Crippen LogP contribution in [-0.4, -0.2) is 12.1 Å². The fourth-order valence-electron chi connectivity index (χ4n) is 2.03. The molecule has 0 aliphatic heterocycles. The molecule has 1 aliphatic rings. The third-order valence-corrected chi connectivity index (χ3v) is 3.37. The van der Waals surface area contributed by atoms with Gasteiger partial charge in [-0.2, -0.15) is 0 Å². The normalized spacial score (nSPS) is 24.5. The van der Waals surface area contributed by atoms with Gasteiger partial charge in [0.2, 0.25) is 0 Å². The predicted octanol–water partition coefficient (Wildman–Crippen LogP) is 3.83. The van der Waals surface area contributed by atoms with E-state index in [9.17, 15) is 0 Å². The highest BCUT2D eigenvalue weighted by Gasteiger charge is 2.38. The molecule has 1 aromatic rings. The van der Waals surface area contributed by atoms with Crippen LogP contribution in [0.15, 0.2) is 24.3 Å². The summed E-state index contributed by atoms with van der Waals surface area (Å²) < 4.78 is 0. The van der Waals surface area contributed by atoms with Gasteiger partial charge in [-0.3, -0.25) is 0 Å². The zero-order valence-corrected chi connectivity index (χ0v) is 11.0. The lowest BCUT2D eigenvalue weighted by Gasteiger charge is -2.20. The van der Waals surface area contributed by atoms with E-state index in [2.05, 4.69) is 38.2 Å². The molecule has 1 saturated carbocycles. The average Bonchev–Trinajstić information content (AvgIpc) is 2.94. The minimum Gasteiger partial charge on any atom is -0.312 e. The summed E-state index contributed by atoms with van der Waals surface area (Å²) in [5.41, 5.74) is 1.66. The van der Waals surface area contributed by atoms with Crippen molar-refractivity contribution in [2.24, 2.45) is 5.92 Å². The number of hydrogen-bond donors (Lipinski definition) is 1. The Kier molecular flexibility index (Phi) is 3.27. The van der Waals surface area contributed by atoms with Crippen molar-refractivity contribution in [1.82, 2.24) is 5.32 Å². The molecule has 0 heterocycles. The summed E-state index contributed by atoms with van der Waals surface area (Å²) in [7, 11) is 0. The van der Waals surface area contributed by atoms with Crippen molar-refractivity contribution in [3.8, 4) is 0 Å². The number of rotatable bonds is 3. The van der Waals surface area contributed by atoms with Crippen molar-refractivity contribution in [2.45, 2.75) is 38.6 Å². The van der Waals surface area contributed by atoms with Crippen LogP contribution < -0.4 is 5.32 Å². The average molecular weight is 238 g/mol. The quantitative estimate of drug-likeness (QED) is 0.843. The van der Waals surface area contributed by atoms with E-state index < -0.39 is 0 Å². The molecule has 0 aromatic heterocycles. The molecule has 1 aliphatic carbocycles. The second-order valence-electron chi connectivity index (χ2n) is 5.78. The molecule has 0 saturated heterocycles. The molecular formula is C14H20ClN. The summed E-state index contributed by atoms with van der Waals surface area (Å²) in [5, 5.41) is 4.40. The Morgan fingerprint density at radius 1 is 1.25 bits per heavy atom. The molecule has 0 radical (unpaired) electrons. The molecule has 88 valence electrons. The van der Waals surface area contributed by atoms with E-state index in [-0.39, 0.29) is 5.54 Å². The molecule has 0 bridgehead atoms. The van der Waals surface area contributed by atoms with Gasteiger partial charge in [0.1, 0.15) is 0 Å². The van der Waals surface area contributed by atoms with Crippen LogP contribution in [0.25, 0.3) is 0 Å². The van der Waals surface area contributed by atoms with Crippen molar-refractivity contribution in [3.05, 3.63) is 34.9 Å². The Balaban J connectivity index is 1.85. The molecule has 16 heavy (non-hydrogen) atoms. The number of hydrogen-bond acceptors (Lipinski definition) is 1. The Labute approximate surface area is 103 Å². The number of benzene rings is 1. The number of nitrogens with one attached hydrogen (secondary N) is 1. The van der Waals surface area contributed by atoms with Crippen LogP contribution in [0.4, 0.5) is 0 Å². The molecule has 0 spiro atoms. The van der Waals surface area contributed by atoms with Gasteiger partial charge >= 0.3 is 0 Å². The maximum absolute atomic E-state index is 5.88. The topological polar surface area (TPSA) is 12.0 Å². The van der Waals surface area contributed by atoms with Crippen molar-refractivity contribution < 1.29 is 0 Å². The lowest BCUT2D eigenvalue weighted by molar-refractivity contribution is 0.414. The molecule has 2 rings (SSSR count). The fourth-order valence-corrected chi connectivity index (χ4v) is 2.15. The van der Waals surface area contributed by atoms with E-state index in [0.717, 1.165) is 23.4 Å². The van der Waals surface area contributed by atoms with Gasteiger partial charge in [0.05, 0.1) is 0 Å². The largest absolute Gasteiger partial charge is 0.312 e. The Morgan fingerprint density at radius 3 is 2.44 bits per heavy atom. The zero-order valence-electron chi connectivity index (χ0n) is 10.3. The molecule has 0 amide bonds. The van der Waals surface area contributed by atoms with Gasteiger partial charge in [-0.1, -0.05) is 23.7 Å². The summed E-state index contributed by atoms with van der Waals surface area (Å²) in [4.78, 5) is 0. The Morgan fingerprint density at radius 2 is 1.88 bits per heavy atom. The lowest BCUT2D eigenvalue weighted by atomic mass is 10.1. The van der Waals surface area contributed by atoms with Gasteiger partial charge in [0, 0.05) is 10.6 Å². The van der Waals surface area contributed by atoms with Crippen molar-refractivity contribution in [3.63, 3.8) is 0 Å². The van der Waals surface area contributed by atoms with Crippen LogP contribution in [0.5, 0.6) is 0 Å². The van der Waals surface area contributed by atoms with Crippen LogP contribution in [0.2, 0.25) is 5.02 Å². The zero-order chi connectivity index (χ0) is 11.8. The minimum absolute atomic E-state index is 0.229. The van der Waals surface area contributed by atoms with Gasteiger partial charge < -0.3 is 5.32 Å². The predicted molar refractivity (Wildman–Crippen MR) is 70.1 cm³/mol. The first-order valence-electron chi connectivity index (χ1n) is 5.96. The molecule has 1 fully saturated rings. The third kappa shape index (κ3) is 3.23. The van der Waals surface area contributed by atoms with E-state index >= 15 is 0 Å². The molecule has 1 N–H and O–H groups in total. The molecule has 1 nitrogen and oxygen atoms in total. The summed E-state index contributed by atoms with van der Waals surface area (Å²) in [6, 6.07) is 8.29. The molecule has 2 atom stereocenters. The van der Waals surface area contributed by atoms with Crippen LogP contribution in [0, 0.1) is 5.92 Å². The summed E-state index contributed by atoms with van der Waals surface area (Å²) in [5.74, 6) is 1.55. The van der Waals surface area contributed by atoms with E-state index in [1.165, 1.54) is 12.0 Å². The van der Waals surface area contributed by atoms with Crippen LogP contribution in [-0.2, 0) is 0 Å². The summed E-state index contributed by atoms with van der Waals surface area (Å²) in [6.07, 6.45) is 1.31.